The first-order valence-electron chi connectivity index (χ1n) is 13.8. The Kier molecular flexibility index (Phi) is 8.76. The van der Waals surface area contributed by atoms with E-state index in [4.69, 9.17) is 20.9 Å². The number of benzene rings is 3. The Morgan fingerprint density at radius 1 is 0.884 bits per heavy atom. The van der Waals surface area contributed by atoms with Crippen LogP contribution in [-0.2, 0) is 17.6 Å². The molecule has 1 fully saturated rings. The van der Waals surface area contributed by atoms with E-state index in [9.17, 15) is 35.1 Å². The van der Waals surface area contributed by atoms with Gasteiger partial charge >= 0.3 is 0 Å². The fourth-order valence-corrected chi connectivity index (χ4v) is 5.44. The highest BCUT2D eigenvalue weighted by atomic mass is 16.7. The normalized spacial score (nSPS) is 23.7. The first kappa shape index (κ1) is 30.1. The number of aromatic hydroxyl groups is 1. The molecule has 0 amide bonds. The van der Waals surface area contributed by atoms with Crippen molar-refractivity contribution in [3.8, 4) is 11.5 Å². The molecule has 9 N–H and O–H groups in total. The molecular formula is C31H33N3O9. The Balaban J connectivity index is 1.50. The largest absolute Gasteiger partial charge is 0.504 e. The predicted octanol–water partition coefficient (Wildman–Crippen LogP) is 0.164. The molecule has 1 aliphatic heterocycles. The van der Waals surface area contributed by atoms with E-state index in [1.807, 2.05) is 30.3 Å². The second-order valence-electron chi connectivity index (χ2n) is 10.5. The quantitative estimate of drug-likeness (QED) is 0.103. The highest BCUT2D eigenvalue weighted by molar-refractivity contribution is 6.30. The number of phenols is 1. The summed E-state index contributed by atoms with van der Waals surface area (Å²) in [7, 11) is 0. The van der Waals surface area contributed by atoms with Crippen molar-refractivity contribution in [1.29, 1.82) is 0 Å². The van der Waals surface area contributed by atoms with Crippen LogP contribution in [0.1, 0.15) is 49.4 Å². The summed E-state index contributed by atoms with van der Waals surface area (Å²) in [6.07, 6.45) is -9.05. The number of nitrogens with two attached hydrogens (primary N) is 2. The molecule has 1 aliphatic carbocycles. The molecule has 0 spiro atoms. The predicted molar refractivity (Wildman–Crippen MR) is 154 cm³/mol. The van der Waals surface area contributed by atoms with E-state index in [0.717, 1.165) is 5.56 Å². The van der Waals surface area contributed by atoms with Gasteiger partial charge in [-0.3, -0.25) is 14.6 Å². The first-order valence-corrected chi connectivity index (χ1v) is 13.8. The summed E-state index contributed by atoms with van der Waals surface area (Å²) in [5.74, 6) is -2.14. The maximum Gasteiger partial charge on any atom is 0.229 e. The minimum atomic E-state index is -1.81. The number of aryl methyl sites for hydroxylation is 2. The van der Waals surface area contributed by atoms with Gasteiger partial charge in [0.2, 0.25) is 6.29 Å². The van der Waals surface area contributed by atoms with E-state index in [0.29, 0.717) is 18.4 Å². The zero-order chi connectivity index (χ0) is 30.8. The number of carbonyl (C=O) groups is 2. The smallest absolute Gasteiger partial charge is 0.229 e. The Labute approximate surface area is 246 Å². The molecule has 5 rings (SSSR count). The molecular weight excluding hydrogens is 558 g/mol. The van der Waals surface area contributed by atoms with Gasteiger partial charge in [-0.05, 0) is 36.5 Å². The van der Waals surface area contributed by atoms with Crippen LogP contribution in [0.15, 0.2) is 65.7 Å². The lowest BCUT2D eigenvalue weighted by atomic mass is 9.80. The molecule has 226 valence electrons. The van der Waals surface area contributed by atoms with Gasteiger partial charge in [0.15, 0.2) is 29.0 Å². The topological polar surface area (TPSA) is 218 Å². The van der Waals surface area contributed by atoms with Crippen LogP contribution in [-0.4, -0.2) is 86.4 Å². The molecule has 1 saturated heterocycles. The van der Waals surface area contributed by atoms with E-state index in [1.165, 1.54) is 12.1 Å². The number of carbonyl (C=O) groups excluding carboxylic acids is 2. The summed E-state index contributed by atoms with van der Waals surface area (Å²) in [5.41, 5.74) is 12.2. The number of fused-ring (bicyclic) bond motifs is 2. The number of aliphatic imine (C=N–C) groups is 1. The number of ether oxygens (including phenoxy) is 2. The molecule has 0 saturated carbocycles. The maximum atomic E-state index is 13.6. The summed E-state index contributed by atoms with van der Waals surface area (Å²) >= 11 is 0. The van der Waals surface area contributed by atoms with E-state index < -0.39 is 54.1 Å². The average molecular weight is 592 g/mol. The van der Waals surface area contributed by atoms with Crippen LogP contribution in [0.2, 0.25) is 0 Å². The number of nitrogens with zero attached hydrogens (tertiary/aromatic N) is 1. The van der Waals surface area contributed by atoms with Crippen LogP contribution in [0.25, 0.3) is 0 Å². The van der Waals surface area contributed by atoms with Gasteiger partial charge in [-0.1, -0.05) is 54.6 Å². The molecule has 0 aromatic heterocycles. The van der Waals surface area contributed by atoms with Crippen molar-refractivity contribution in [3.05, 3.63) is 94.0 Å². The first-order chi connectivity index (χ1) is 20.6. The summed E-state index contributed by atoms with van der Waals surface area (Å²) < 4.78 is 11.5. The molecule has 0 unspecified atom stereocenters. The number of phenolic OH excluding ortho intramolecular Hbond substituents is 1. The second kappa shape index (κ2) is 12.5. The Hall–Kier alpha value is -4.33. The third-order valence-electron chi connectivity index (χ3n) is 7.69. The van der Waals surface area contributed by atoms with E-state index >= 15 is 0 Å². The second-order valence-corrected chi connectivity index (χ2v) is 10.5. The third-order valence-corrected chi connectivity index (χ3v) is 7.69. The zero-order valence-corrected chi connectivity index (χ0v) is 23.0. The van der Waals surface area contributed by atoms with Gasteiger partial charge in [0, 0.05) is 23.2 Å². The lowest BCUT2D eigenvalue weighted by Gasteiger charge is -2.42. The SMILES string of the molecule is NC(N)=NCC[C@H](O)[C@@H]1O[C@H](Oc2cc(CCc3ccccc3)c3c(c2O)C(=O)c2ccccc2C3=O)[C@@H](O)[C@H](O)[C@H]1O. The van der Waals surface area contributed by atoms with Crippen molar-refractivity contribution in [2.24, 2.45) is 16.5 Å². The molecule has 2 aliphatic rings. The minimum absolute atomic E-state index is 0.00570. The summed E-state index contributed by atoms with van der Waals surface area (Å²) in [6, 6.07) is 17.2. The molecule has 1 heterocycles. The van der Waals surface area contributed by atoms with E-state index in [1.54, 1.807) is 18.2 Å². The Morgan fingerprint density at radius 2 is 1.51 bits per heavy atom. The third kappa shape index (κ3) is 5.96. The molecule has 3 aromatic rings. The highest BCUT2D eigenvalue weighted by Gasteiger charge is 2.48. The lowest BCUT2D eigenvalue weighted by molar-refractivity contribution is -0.288. The van der Waals surface area contributed by atoms with E-state index in [-0.39, 0.29) is 46.9 Å². The Bertz CT molecular complexity index is 1540. The number of aliphatic hydroxyl groups is 4. The lowest BCUT2D eigenvalue weighted by Crippen LogP contribution is -2.62. The minimum Gasteiger partial charge on any atom is -0.504 e. The number of guanidine groups is 1. The number of hydrogen-bond acceptors (Lipinski definition) is 10. The fraction of sp³-hybridized carbons (Fsp3) is 0.323. The zero-order valence-electron chi connectivity index (χ0n) is 23.0. The van der Waals surface area contributed by atoms with Crippen molar-refractivity contribution >= 4 is 17.5 Å². The van der Waals surface area contributed by atoms with Crippen molar-refractivity contribution < 1.29 is 44.6 Å². The molecule has 6 atom stereocenters. The highest BCUT2D eigenvalue weighted by Crippen LogP contribution is 2.42. The molecule has 12 nitrogen and oxygen atoms in total. The standard InChI is InChI=1S/C31H33N3O9/c32-31(33)34-13-12-19(35)29-27(40)26(39)28(41)30(43-29)42-20-14-16(11-10-15-6-2-1-3-7-15)21-22(25(20)38)24(37)18-9-5-4-8-17(18)23(21)36/h1-9,14,19,26-30,35,38-41H,10-13H2,(H4,32,33,34)/t19-,26+,27+,28-,29-,30-/m0/s1. The average Bonchev–Trinajstić information content (AvgIpc) is 3.00. The Morgan fingerprint density at radius 3 is 2.16 bits per heavy atom. The van der Waals surface area contributed by atoms with Crippen molar-refractivity contribution in [2.45, 2.75) is 56.1 Å². The van der Waals surface area contributed by atoms with E-state index in [2.05, 4.69) is 4.99 Å². The van der Waals surface area contributed by atoms with Gasteiger partial charge in [-0.15, -0.1) is 0 Å². The van der Waals surface area contributed by atoms with Crippen LogP contribution in [0.5, 0.6) is 11.5 Å². The van der Waals surface area contributed by atoms with Crippen molar-refractivity contribution in [3.63, 3.8) is 0 Å². The molecule has 0 radical (unpaired) electrons. The van der Waals surface area contributed by atoms with Crippen LogP contribution < -0.4 is 16.2 Å². The number of aliphatic hydroxyl groups excluding tert-OH is 4. The molecule has 0 bridgehead atoms. The van der Waals surface area contributed by atoms with Crippen molar-refractivity contribution in [1.82, 2.24) is 0 Å². The molecule has 12 heteroatoms. The summed E-state index contributed by atoms with van der Waals surface area (Å²) in [6.45, 7) is -0.00570. The number of hydrogen-bond donors (Lipinski definition) is 7. The maximum absolute atomic E-state index is 13.6. The van der Waals surface area contributed by atoms with Gasteiger partial charge in [0.1, 0.15) is 24.4 Å². The number of rotatable bonds is 9. The molecule has 43 heavy (non-hydrogen) atoms. The van der Waals surface area contributed by atoms with Gasteiger partial charge in [-0.25, -0.2) is 0 Å². The van der Waals surface area contributed by atoms with Crippen molar-refractivity contribution in [2.75, 3.05) is 6.54 Å². The van der Waals surface area contributed by atoms with Crippen LogP contribution in [0, 0.1) is 0 Å². The fourth-order valence-electron chi connectivity index (χ4n) is 5.44. The monoisotopic (exact) mass is 591 g/mol. The summed E-state index contributed by atoms with van der Waals surface area (Å²) in [5, 5.41) is 53.7. The van der Waals surface area contributed by atoms with Gasteiger partial charge in [-0.2, -0.15) is 0 Å². The number of ketones is 2. The van der Waals surface area contributed by atoms with Crippen LogP contribution >= 0.6 is 0 Å². The van der Waals surface area contributed by atoms with Crippen LogP contribution in [0.3, 0.4) is 0 Å². The van der Waals surface area contributed by atoms with Crippen LogP contribution in [0.4, 0.5) is 0 Å². The van der Waals surface area contributed by atoms with Gasteiger partial charge < -0.3 is 46.5 Å². The molecule has 3 aromatic carbocycles. The summed E-state index contributed by atoms with van der Waals surface area (Å²) in [4.78, 5) is 31.0. The van der Waals surface area contributed by atoms with Gasteiger partial charge in [0.25, 0.3) is 0 Å². The van der Waals surface area contributed by atoms with Gasteiger partial charge in [0.05, 0.1) is 11.7 Å².